The van der Waals surface area contributed by atoms with E-state index in [4.69, 9.17) is 10.2 Å². The summed E-state index contributed by atoms with van der Waals surface area (Å²) in [4.78, 5) is 19.8. The van der Waals surface area contributed by atoms with E-state index in [0.29, 0.717) is 12.8 Å². The van der Waals surface area contributed by atoms with E-state index >= 15 is 0 Å². The lowest BCUT2D eigenvalue weighted by molar-refractivity contribution is -0.139. The SMILES string of the molecule is CC=C=CC.O=C(O)CCCCC(=O)O. The van der Waals surface area contributed by atoms with Crippen molar-refractivity contribution >= 4 is 11.9 Å². The fourth-order valence-corrected chi connectivity index (χ4v) is 0.719. The van der Waals surface area contributed by atoms with E-state index in [-0.39, 0.29) is 12.8 Å². The van der Waals surface area contributed by atoms with Crippen molar-refractivity contribution in [2.75, 3.05) is 0 Å². The summed E-state index contributed by atoms with van der Waals surface area (Å²) in [6.07, 6.45) is 4.77. The predicted octanol–water partition coefficient (Wildman–Crippen LogP) is 2.45. The van der Waals surface area contributed by atoms with Gasteiger partial charge >= 0.3 is 11.9 Å². The molecule has 4 nitrogen and oxygen atoms in total. The molecule has 0 unspecified atom stereocenters. The normalized spacial score (nSPS) is 7.87. The quantitative estimate of drug-likeness (QED) is 0.544. The second kappa shape index (κ2) is 12.5. The molecule has 0 rings (SSSR count). The van der Waals surface area contributed by atoms with Gasteiger partial charge < -0.3 is 10.2 Å². The van der Waals surface area contributed by atoms with Crippen LogP contribution in [-0.4, -0.2) is 22.2 Å². The molecule has 0 bridgehead atoms. The molecule has 0 amide bonds. The van der Waals surface area contributed by atoms with Crippen LogP contribution in [0.3, 0.4) is 0 Å². The van der Waals surface area contributed by atoms with E-state index < -0.39 is 11.9 Å². The molecule has 4 heteroatoms. The van der Waals surface area contributed by atoms with Gasteiger partial charge in [-0.3, -0.25) is 9.59 Å². The van der Waals surface area contributed by atoms with Crippen LogP contribution in [0.2, 0.25) is 0 Å². The zero-order valence-electron chi connectivity index (χ0n) is 9.19. The number of carboxylic acids is 2. The Labute approximate surface area is 89.9 Å². The molecule has 86 valence electrons. The van der Waals surface area contributed by atoms with Gasteiger partial charge in [-0.05, 0) is 38.8 Å². The molecule has 15 heavy (non-hydrogen) atoms. The summed E-state index contributed by atoms with van der Waals surface area (Å²) in [7, 11) is 0. The molecule has 0 aromatic heterocycles. The molecule has 0 saturated carbocycles. The highest BCUT2D eigenvalue weighted by molar-refractivity contribution is 5.67. The molecule has 0 atom stereocenters. The van der Waals surface area contributed by atoms with Crippen LogP contribution in [0.4, 0.5) is 0 Å². The largest absolute Gasteiger partial charge is 0.481 e. The van der Waals surface area contributed by atoms with Crippen LogP contribution in [0.15, 0.2) is 17.9 Å². The molecule has 0 aromatic carbocycles. The van der Waals surface area contributed by atoms with Gasteiger partial charge in [0.2, 0.25) is 0 Å². The van der Waals surface area contributed by atoms with E-state index in [0.717, 1.165) is 0 Å². The van der Waals surface area contributed by atoms with Crippen molar-refractivity contribution in [3.05, 3.63) is 17.9 Å². The summed E-state index contributed by atoms with van der Waals surface area (Å²) in [6, 6.07) is 0. The first-order valence-corrected chi connectivity index (χ1v) is 4.79. The summed E-state index contributed by atoms with van der Waals surface area (Å²) >= 11 is 0. The van der Waals surface area contributed by atoms with E-state index in [1.165, 1.54) is 0 Å². The van der Waals surface area contributed by atoms with Crippen LogP contribution in [0.25, 0.3) is 0 Å². The zero-order chi connectivity index (χ0) is 12.1. The van der Waals surface area contributed by atoms with E-state index in [1.54, 1.807) is 0 Å². The molecule has 0 heterocycles. The van der Waals surface area contributed by atoms with Crippen molar-refractivity contribution in [3.63, 3.8) is 0 Å². The second-order valence-electron chi connectivity index (χ2n) is 2.74. The molecule has 0 spiro atoms. The first-order valence-electron chi connectivity index (χ1n) is 4.79. The van der Waals surface area contributed by atoms with E-state index in [9.17, 15) is 9.59 Å². The third kappa shape index (κ3) is 24.5. The van der Waals surface area contributed by atoms with Crippen LogP contribution in [0.1, 0.15) is 39.5 Å². The van der Waals surface area contributed by atoms with Crippen LogP contribution in [-0.2, 0) is 9.59 Å². The first-order chi connectivity index (χ1) is 7.04. The van der Waals surface area contributed by atoms with Gasteiger partial charge in [-0.15, -0.1) is 5.73 Å². The lowest BCUT2D eigenvalue weighted by Crippen LogP contribution is -1.97. The number of aliphatic carboxylic acids is 2. The fourth-order valence-electron chi connectivity index (χ4n) is 0.719. The van der Waals surface area contributed by atoms with Crippen molar-refractivity contribution in [1.82, 2.24) is 0 Å². The van der Waals surface area contributed by atoms with Gasteiger partial charge in [0.15, 0.2) is 0 Å². The van der Waals surface area contributed by atoms with E-state index in [2.05, 4.69) is 5.73 Å². The minimum atomic E-state index is -0.870. The zero-order valence-corrected chi connectivity index (χ0v) is 9.19. The van der Waals surface area contributed by atoms with Gasteiger partial charge in [0.1, 0.15) is 0 Å². The Balaban J connectivity index is 0. The molecular formula is C11H18O4. The first kappa shape index (κ1) is 15.9. The van der Waals surface area contributed by atoms with Gasteiger partial charge in [-0.2, -0.15) is 0 Å². The van der Waals surface area contributed by atoms with Gasteiger partial charge in [-0.25, -0.2) is 0 Å². The second-order valence-corrected chi connectivity index (χ2v) is 2.74. The van der Waals surface area contributed by atoms with Crippen LogP contribution >= 0.6 is 0 Å². The average molecular weight is 214 g/mol. The average Bonchev–Trinajstić information content (AvgIpc) is 2.14. The predicted molar refractivity (Wildman–Crippen MR) is 57.7 cm³/mol. The molecule has 0 fully saturated rings. The van der Waals surface area contributed by atoms with Crippen molar-refractivity contribution in [2.45, 2.75) is 39.5 Å². The number of allylic oxidation sites excluding steroid dienone is 1. The van der Waals surface area contributed by atoms with Gasteiger partial charge in [0.25, 0.3) is 0 Å². The smallest absolute Gasteiger partial charge is 0.303 e. The maximum Gasteiger partial charge on any atom is 0.303 e. The Kier molecular flexibility index (Phi) is 13.2. The van der Waals surface area contributed by atoms with E-state index in [1.807, 2.05) is 26.0 Å². The Bertz CT molecular complexity index is 215. The highest BCUT2D eigenvalue weighted by Gasteiger charge is 1.99. The summed E-state index contributed by atoms with van der Waals surface area (Å²) in [6.45, 7) is 3.89. The van der Waals surface area contributed by atoms with Gasteiger partial charge in [0.05, 0.1) is 0 Å². The number of unbranched alkanes of at least 4 members (excludes halogenated alkanes) is 1. The van der Waals surface area contributed by atoms with Crippen molar-refractivity contribution in [2.24, 2.45) is 0 Å². The lowest BCUT2D eigenvalue weighted by atomic mass is 10.2. The standard InChI is InChI=1S/C6H10O4.C5H8/c7-5(8)3-1-2-4-6(9)10;1-3-5-4-2/h1-4H2,(H,7,8)(H,9,10);3-4H,1-2H3. The number of carboxylic acid groups (broad SMARTS) is 2. The number of rotatable bonds is 5. The third-order valence-electron chi connectivity index (χ3n) is 1.36. The number of carbonyl (C=O) groups is 2. The minimum Gasteiger partial charge on any atom is -0.481 e. The molecule has 2 N–H and O–H groups in total. The lowest BCUT2D eigenvalue weighted by Gasteiger charge is -1.92. The monoisotopic (exact) mass is 214 g/mol. The summed E-state index contributed by atoms with van der Waals surface area (Å²) < 4.78 is 0. The Morgan fingerprint density at radius 1 is 1.00 bits per heavy atom. The maximum atomic E-state index is 9.90. The fraction of sp³-hybridized carbons (Fsp3) is 0.545. The molecular weight excluding hydrogens is 196 g/mol. The molecule has 0 aliphatic carbocycles. The van der Waals surface area contributed by atoms with Crippen LogP contribution < -0.4 is 0 Å². The summed E-state index contributed by atoms with van der Waals surface area (Å²) in [5.74, 6) is -1.74. The highest BCUT2D eigenvalue weighted by atomic mass is 16.4. The van der Waals surface area contributed by atoms with Gasteiger partial charge in [-0.1, -0.05) is 0 Å². The Morgan fingerprint density at radius 3 is 1.47 bits per heavy atom. The molecule has 0 saturated heterocycles. The van der Waals surface area contributed by atoms with Crippen LogP contribution in [0.5, 0.6) is 0 Å². The van der Waals surface area contributed by atoms with Crippen molar-refractivity contribution in [1.29, 1.82) is 0 Å². The third-order valence-corrected chi connectivity index (χ3v) is 1.36. The number of hydrogen-bond acceptors (Lipinski definition) is 2. The Morgan fingerprint density at radius 2 is 1.33 bits per heavy atom. The molecule has 0 aromatic rings. The topological polar surface area (TPSA) is 74.6 Å². The van der Waals surface area contributed by atoms with Gasteiger partial charge in [0, 0.05) is 12.8 Å². The van der Waals surface area contributed by atoms with Crippen molar-refractivity contribution in [3.8, 4) is 0 Å². The minimum absolute atomic E-state index is 0.0628. The van der Waals surface area contributed by atoms with Crippen LogP contribution in [0, 0.1) is 0 Å². The maximum absolute atomic E-state index is 9.90. The summed E-state index contributed by atoms with van der Waals surface area (Å²) in [5.41, 5.74) is 2.86. The van der Waals surface area contributed by atoms with Crippen molar-refractivity contribution < 1.29 is 19.8 Å². The highest BCUT2D eigenvalue weighted by Crippen LogP contribution is 1.98. The number of hydrogen-bond donors (Lipinski definition) is 2. The molecule has 0 radical (unpaired) electrons. The summed E-state index contributed by atoms with van der Waals surface area (Å²) in [5, 5.41) is 16.3. The molecule has 0 aliphatic heterocycles. The molecule has 0 aliphatic rings. The Hall–Kier alpha value is -1.54.